The summed E-state index contributed by atoms with van der Waals surface area (Å²) in [6.45, 7) is 0. The number of hydrazine groups is 1. The van der Waals surface area contributed by atoms with Crippen molar-refractivity contribution in [3.8, 4) is 0 Å². The number of nitrogen functional groups attached to an aromatic ring is 1. The average molecular weight is 235 g/mol. The topological polar surface area (TPSA) is 63.0 Å². The second kappa shape index (κ2) is 4.83. The van der Waals surface area contributed by atoms with Crippen molar-refractivity contribution in [3.05, 3.63) is 47.6 Å². The molecule has 16 heavy (non-hydrogen) atoms. The van der Waals surface area contributed by atoms with Gasteiger partial charge in [0.05, 0.1) is 0 Å². The van der Waals surface area contributed by atoms with E-state index in [0.717, 1.165) is 11.4 Å². The Kier molecular flexibility index (Phi) is 3.24. The van der Waals surface area contributed by atoms with Crippen LogP contribution in [-0.4, -0.2) is 4.98 Å². The summed E-state index contributed by atoms with van der Waals surface area (Å²) in [7, 11) is 0. The summed E-state index contributed by atoms with van der Waals surface area (Å²) in [6, 6.07) is 11.1. The number of benzene rings is 1. The van der Waals surface area contributed by atoms with E-state index in [0.29, 0.717) is 10.8 Å². The van der Waals surface area contributed by atoms with Crippen molar-refractivity contribution in [3.63, 3.8) is 0 Å². The lowest BCUT2D eigenvalue weighted by molar-refractivity contribution is 1.23. The Hall–Kier alpha value is -1.78. The van der Waals surface area contributed by atoms with Crippen molar-refractivity contribution in [1.82, 2.24) is 4.98 Å². The highest BCUT2D eigenvalue weighted by Gasteiger charge is 1.97. The van der Waals surface area contributed by atoms with Crippen molar-refractivity contribution >= 4 is 28.8 Å². The maximum atomic E-state index is 5.88. The summed E-state index contributed by atoms with van der Waals surface area (Å²) >= 11 is 5.88. The standard InChI is InChI=1S/C11H11ClN4/c12-8-2-1-3-9(6-8)15-10-4-5-14-11(7-10)16-13/h1-7H,13H2,(H2,14,15,16). The molecule has 4 N–H and O–H groups in total. The summed E-state index contributed by atoms with van der Waals surface area (Å²) in [5.74, 6) is 5.88. The molecule has 1 heterocycles. The zero-order valence-corrected chi connectivity index (χ0v) is 9.20. The second-order valence-electron chi connectivity index (χ2n) is 3.21. The minimum Gasteiger partial charge on any atom is -0.355 e. The van der Waals surface area contributed by atoms with Crippen LogP contribution in [0.2, 0.25) is 5.02 Å². The van der Waals surface area contributed by atoms with E-state index in [4.69, 9.17) is 17.4 Å². The second-order valence-corrected chi connectivity index (χ2v) is 3.65. The van der Waals surface area contributed by atoms with Gasteiger partial charge < -0.3 is 10.7 Å². The van der Waals surface area contributed by atoms with Crippen LogP contribution in [0.5, 0.6) is 0 Å². The maximum Gasteiger partial charge on any atom is 0.141 e. The number of nitrogens with one attached hydrogen (secondary N) is 2. The summed E-state index contributed by atoms with van der Waals surface area (Å²) in [6.07, 6.45) is 1.67. The van der Waals surface area contributed by atoms with Gasteiger partial charge in [-0.2, -0.15) is 0 Å². The molecule has 0 saturated heterocycles. The Morgan fingerprint density at radius 3 is 2.69 bits per heavy atom. The van der Waals surface area contributed by atoms with Crippen LogP contribution in [0.25, 0.3) is 0 Å². The highest BCUT2D eigenvalue weighted by atomic mass is 35.5. The molecule has 0 spiro atoms. The van der Waals surface area contributed by atoms with Gasteiger partial charge in [-0.1, -0.05) is 17.7 Å². The third-order valence-electron chi connectivity index (χ3n) is 2.02. The number of hydrogen-bond donors (Lipinski definition) is 3. The van der Waals surface area contributed by atoms with E-state index in [1.807, 2.05) is 30.3 Å². The fourth-order valence-electron chi connectivity index (χ4n) is 1.32. The molecule has 1 aromatic heterocycles. The average Bonchev–Trinajstić information content (AvgIpc) is 2.29. The van der Waals surface area contributed by atoms with Gasteiger partial charge in [-0.3, -0.25) is 0 Å². The maximum absolute atomic E-state index is 5.88. The highest BCUT2D eigenvalue weighted by molar-refractivity contribution is 6.30. The highest BCUT2D eigenvalue weighted by Crippen LogP contribution is 2.20. The molecule has 0 amide bonds. The first kappa shape index (κ1) is 10.7. The van der Waals surface area contributed by atoms with Crippen molar-refractivity contribution < 1.29 is 0 Å². The minimum atomic E-state index is 0.604. The van der Waals surface area contributed by atoms with Crippen molar-refractivity contribution in [2.75, 3.05) is 10.7 Å². The number of halogens is 1. The van der Waals surface area contributed by atoms with Crippen molar-refractivity contribution in [2.24, 2.45) is 5.84 Å². The molecule has 0 bridgehead atoms. The summed E-state index contributed by atoms with van der Waals surface area (Å²) in [5.41, 5.74) is 4.30. The molecule has 0 atom stereocenters. The van der Waals surface area contributed by atoms with Crippen LogP contribution in [0.15, 0.2) is 42.6 Å². The minimum absolute atomic E-state index is 0.604. The first-order chi connectivity index (χ1) is 7.78. The van der Waals surface area contributed by atoms with Gasteiger partial charge in [-0.25, -0.2) is 10.8 Å². The van der Waals surface area contributed by atoms with Crippen LogP contribution in [-0.2, 0) is 0 Å². The lowest BCUT2D eigenvalue weighted by Crippen LogP contribution is -2.08. The molecule has 0 saturated carbocycles. The molecule has 4 nitrogen and oxygen atoms in total. The van der Waals surface area contributed by atoms with Crippen molar-refractivity contribution in [1.29, 1.82) is 0 Å². The van der Waals surface area contributed by atoms with E-state index in [9.17, 15) is 0 Å². The fraction of sp³-hybridized carbons (Fsp3) is 0. The largest absolute Gasteiger partial charge is 0.355 e. The van der Waals surface area contributed by atoms with Crippen LogP contribution in [0, 0.1) is 0 Å². The number of nitrogens with two attached hydrogens (primary N) is 1. The van der Waals surface area contributed by atoms with Gasteiger partial charge in [0.15, 0.2) is 0 Å². The van der Waals surface area contributed by atoms with E-state index in [1.165, 1.54) is 0 Å². The van der Waals surface area contributed by atoms with Crippen LogP contribution in [0.4, 0.5) is 17.2 Å². The zero-order chi connectivity index (χ0) is 11.4. The molecule has 0 aliphatic carbocycles. The molecule has 1 aromatic carbocycles. The van der Waals surface area contributed by atoms with Gasteiger partial charge >= 0.3 is 0 Å². The normalized spacial score (nSPS) is 9.88. The Bertz CT molecular complexity index is 487. The Morgan fingerprint density at radius 1 is 1.12 bits per heavy atom. The molecule has 82 valence electrons. The molecular formula is C11H11ClN4. The molecule has 5 heteroatoms. The number of aromatic nitrogens is 1. The predicted octanol–water partition coefficient (Wildman–Crippen LogP) is 2.76. The molecule has 0 radical (unpaired) electrons. The van der Waals surface area contributed by atoms with Crippen molar-refractivity contribution in [2.45, 2.75) is 0 Å². The van der Waals surface area contributed by atoms with Gasteiger partial charge in [-0.05, 0) is 24.3 Å². The summed E-state index contributed by atoms with van der Waals surface area (Å²) < 4.78 is 0. The summed E-state index contributed by atoms with van der Waals surface area (Å²) in [4.78, 5) is 4.01. The number of pyridine rings is 1. The quantitative estimate of drug-likeness (QED) is 0.565. The van der Waals surface area contributed by atoms with E-state index in [1.54, 1.807) is 12.3 Å². The van der Waals surface area contributed by atoms with Crippen LogP contribution in [0.1, 0.15) is 0 Å². The van der Waals surface area contributed by atoms with Crippen LogP contribution in [0.3, 0.4) is 0 Å². The first-order valence-electron chi connectivity index (χ1n) is 4.73. The third kappa shape index (κ3) is 2.62. The number of hydrogen-bond acceptors (Lipinski definition) is 4. The molecule has 0 unspecified atom stereocenters. The van der Waals surface area contributed by atoms with E-state index in [2.05, 4.69) is 15.7 Å². The molecule has 2 rings (SSSR count). The zero-order valence-electron chi connectivity index (χ0n) is 8.44. The van der Waals surface area contributed by atoms with Crippen LogP contribution < -0.4 is 16.6 Å². The van der Waals surface area contributed by atoms with Gasteiger partial charge in [0, 0.05) is 28.7 Å². The van der Waals surface area contributed by atoms with E-state index < -0.39 is 0 Å². The van der Waals surface area contributed by atoms with E-state index in [-0.39, 0.29) is 0 Å². The predicted molar refractivity (Wildman–Crippen MR) is 66.8 cm³/mol. The molecular weight excluding hydrogens is 224 g/mol. The first-order valence-corrected chi connectivity index (χ1v) is 5.11. The van der Waals surface area contributed by atoms with Gasteiger partial charge in [0.25, 0.3) is 0 Å². The Balaban J connectivity index is 2.20. The fourth-order valence-corrected chi connectivity index (χ4v) is 1.51. The number of anilines is 3. The number of rotatable bonds is 3. The van der Waals surface area contributed by atoms with Gasteiger partial charge in [-0.15, -0.1) is 0 Å². The lowest BCUT2D eigenvalue weighted by atomic mass is 10.3. The molecule has 0 aliphatic rings. The third-order valence-corrected chi connectivity index (χ3v) is 2.26. The molecule has 2 aromatic rings. The monoisotopic (exact) mass is 234 g/mol. The summed E-state index contributed by atoms with van der Waals surface area (Å²) in [5, 5.41) is 3.89. The lowest BCUT2D eigenvalue weighted by Gasteiger charge is -2.07. The molecule has 0 fully saturated rings. The SMILES string of the molecule is NNc1cc(Nc2cccc(Cl)c2)ccn1. The number of nitrogens with zero attached hydrogens (tertiary/aromatic N) is 1. The molecule has 0 aliphatic heterocycles. The van der Waals surface area contributed by atoms with E-state index >= 15 is 0 Å². The smallest absolute Gasteiger partial charge is 0.141 e. The van der Waals surface area contributed by atoms with Gasteiger partial charge in [0.2, 0.25) is 0 Å². The van der Waals surface area contributed by atoms with Gasteiger partial charge in [0.1, 0.15) is 5.82 Å². The van der Waals surface area contributed by atoms with Crippen LogP contribution >= 0.6 is 11.6 Å². The Morgan fingerprint density at radius 2 is 1.94 bits per heavy atom. The Labute approximate surface area is 98.4 Å².